The van der Waals surface area contributed by atoms with Gasteiger partial charge in [0.25, 0.3) is 0 Å². The maximum atomic E-state index is 10.8. The molecule has 7 heteroatoms. The second-order valence-corrected chi connectivity index (χ2v) is 3.20. The lowest BCUT2D eigenvalue weighted by Crippen LogP contribution is -2.31. The second kappa shape index (κ2) is 4.78. The Hall–Kier alpha value is -1.86. The first-order valence-corrected chi connectivity index (χ1v) is 4.42. The number of amides is 1. The first-order valence-electron chi connectivity index (χ1n) is 4.42. The average molecular weight is 223 g/mol. The highest BCUT2D eigenvalue weighted by Crippen LogP contribution is 2.09. The second-order valence-electron chi connectivity index (χ2n) is 3.20. The Bertz CT molecular complexity index is 432. The minimum Gasteiger partial charge on any atom is -0.478 e. The Balaban J connectivity index is 3.18. The zero-order chi connectivity index (χ0) is 12.3. The zero-order valence-corrected chi connectivity index (χ0v) is 8.47. The van der Waals surface area contributed by atoms with Crippen molar-refractivity contribution in [3.05, 3.63) is 23.8 Å². The fourth-order valence-corrected chi connectivity index (χ4v) is 1.20. The quantitative estimate of drug-likeness (QED) is 0.493. The molecule has 0 saturated heterocycles. The van der Waals surface area contributed by atoms with E-state index in [9.17, 15) is 9.59 Å². The fourth-order valence-electron chi connectivity index (χ4n) is 1.20. The van der Waals surface area contributed by atoms with E-state index in [2.05, 4.69) is 5.32 Å². The van der Waals surface area contributed by atoms with Gasteiger partial charge in [-0.2, -0.15) is 0 Å². The first-order chi connectivity index (χ1) is 7.40. The molecule has 0 heterocycles. The van der Waals surface area contributed by atoms with Gasteiger partial charge in [-0.05, 0) is 23.7 Å². The largest absolute Gasteiger partial charge is 0.488 e. The Morgan fingerprint density at radius 2 is 1.88 bits per heavy atom. The van der Waals surface area contributed by atoms with Gasteiger partial charge in [0.2, 0.25) is 5.91 Å². The van der Waals surface area contributed by atoms with Crippen LogP contribution in [-0.2, 0) is 4.79 Å². The van der Waals surface area contributed by atoms with Crippen molar-refractivity contribution in [1.82, 2.24) is 0 Å². The van der Waals surface area contributed by atoms with Gasteiger partial charge in [-0.1, -0.05) is 0 Å². The third-order valence-electron chi connectivity index (χ3n) is 1.82. The summed E-state index contributed by atoms with van der Waals surface area (Å²) in [5.41, 5.74) is 0.0773. The molecule has 0 spiro atoms. The molecule has 1 amide bonds. The lowest BCUT2D eigenvalue weighted by atomic mass is 9.79. The summed E-state index contributed by atoms with van der Waals surface area (Å²) in [7, 11) is -1.79. The van der Waals surface area contributed by atoms with Crippen LogP contribution >= 0.6 is 0 Å². The van der Waals surface area contributed by atoms with Crippen LogP contribution < -0.4 is 10.8 Å². The molecule has 0 unspecified atom stereocenters. The van der Waals surface area contributed by atoms with Crippen LogP contribution in [0.3, 0.4) is 0 Å². The van der Waals surface area contributed by atoms with Crippen LogP contribution in [0, 0.1) is 0 Å². The number of aromatic carboxylic acids is 1. The molecule has 0 atom stereocenters. The third-order valence-corrected chi connectivity index (χ3v) is 1.82. The maximum absolute atomic E-state index is 10.8. The highest BCUT2D eigenvalue weighted by molar-refractivity contribution is 6.58. The van der Waals surface area contributed by atoms with E-state index in [0.717, 1.165) is 6.07 Å². The van der Waals surface area contributed by atoms with Crippen molar-refractivity contribution in [1.29, 1.82) is 0 Å². The van der Waals surface area contributed by atoms with Gasteiger partial charge in [0, 0.05) is 12.6 Å². The van der Waals surface area contributed by atoms with E-state index >= 15 is 0 Å². The van der Waals surface area contributed by atoms with E-state index in [1.807, 2.05) is 0 Å². The van der Waals surface area contributed by atoms with E-state index in [1.165, 1.54) is 19.1 Å². The molecule has 0 aliphatic rings. The topological polar surface area (TPSA) is 107 Å². The maximum Gasteiger partial charge on any atom is 0.488 e. The highest BCUT2D eigenvalue weighted by atomic mass is 16.4. The van der Waals surface area contributed by atoms with Gasteiger partial charge in [-0.15, -0.1) is 0 Å². The number of carboxylic acids is 1. The molecule has 0 aliphatic heterocycles. The number of benzene rings is 1. The molecule has 4 N–H and O–H groups in total. The van der Waals surface area contributed by atoms with Crippen LogP contribution in [0.1, 0.15) is 17.3 Å². The van der Waals surface area contributed by atoms with E-state index in [1.54, 1.807) is 0 Å². The molecule has 0 bridgehead atoms. The lowest BCUT2D eigenvalue weighted by molar-refractivity contribution is -0.114. The SMILES string of the molecule is CC(=O)Nc1cc(B(O)O)cc(C(=O)O)c1. The molecule has 1 aromatic carbocycles. The number of carboxylic acid groups (broad SMARTS) is 1. The van der Waals surface area contributed by atoms with E-state index in [4.69, 9.17) is 15.2 Å². The minimum atomic E-state index is -1.79. The van der Waals surface area contributed by atoms with Crippen LogP contribution in [0.5, 0.6) is 0 Å². The van der Waals surface area contributed by atoms with Gasteiger partial charge in [0.15, 0.2) is 0 Å². The summed E-state index contributed by atoms with van der Waals surface area (Å²) in [4.78, 5) is 21.5. The normalized spacial score (nSPS) is 9.69. The summed E-state index contributed by atoms with van der Waals surface area (Å²) in [5.74, 6) is -1.59. The van der Waals surface area contributed by atoms with Crippen molar-refractivity contribution in [2.45, 2.75) is 6.92 Å². The van der Waals surface area contributed by atoms with Crippen molar-refractivity contribution >= 4 is 30.1 Å². The Morgan fingerprint density at radius 1 is 1.25 bits per heavy atom. The number of carbonyl (C=O) groups excluding carboxylic acids is 1. The summed E-state index contributed by atoms with van der Waals surface area (Å²) in [5, 5.41) is 29.0. The molecular formula is C9H10BNO5. The van der Waals surface area contributed by atoms with Gasteiger partial charge >= 0.3 is 13.1 Å². The molecule has 1 rings (SSSR count). The van der Waals surface area contributed by atoms with E-state index in [-0.39, 0.29) is 22.6 Å². The molecule has 0 aliphatic carbocycles. The van der Waals surface area contributed by atoms with Crippen molar-refractivity contribution in [3.63, 3.8) is 0 Å². The lowest BCUT2D eigenvalue weighted by Gasteiger charge is -2.07. The Labute approximate surface area is 91.7 Å². The van der Waals surface area contributed by atoms with Crippen molar-refractivity contribution in [2.75, 3.05) is 5.32 Å². The summed E-state index contributed by atoms with van der Waals surface area (Å²) in [6.07, 6.45) is 0. The Kier molecular flexibility index (Phi) is 3.65. The number of hydrogen-bond donors (Lipinski definition) is 4. The van der Waals surface area contributed by atoms with E-state index in [0.29, 0.717) is 0 Å². The number of rotatable bonds is 3. The van der Waals surface area contributed by atoms with Crippen LogP contribution in [-0.4, -0.2) is 34.1 Å². The molecule has 0 aromatic heterocycles. The van der Waals surface area contributed by atoms with Crippen molar-refractivity contribution in [2.24, 2.45) is 0 Å². The summed E-state index contributed by atoms with van der Waals surface area (Å²) >= 11 is 0. The van der Waals surface area contributed by atoms with Gasteiger partial charge in [-0.25, -0.2) is 4.79 Å². The smallest absolute Gasteiger partial charge is 0.478 e. The molecule has 84 valence electrons. The number of nitrogens with one attached hydrogen (secondary N) is 1. The molecular weight excluding hydrogens is 213 g/mol. The first kappa shape index (κ1) is 12.2. The monoisotopic (exact) mass is 223 g/mol. The van der Waals surface area contributed by atoms with Crippen LogP contribution in [0.2, 0.25) is 0 Å². The van der Waals surface area contributed by atoms with Gasteiger partial charge in [0.1, 0.15) is 0 Å². The van der Waals surface area contributed by atoms with Crippen LogP contribution in [0.15, 0.2) is 18.2 Å². The minimum absolute atomic E-state index is 0.00338. The molecule has 0 saturated carbocycles. The fraction of sp³-hybridized carbons (Fsp3) is 0.111. The highest BCUT2D eigenvalue weighted by Gasteiger charge is 2.15. The summed E-state index contributed by atoms with van der Waals surface area (Å²) in [6.45, 7) is 1.27. The summed E-state index contributed by atoms with van der Waals surface area (Å²) < 4.78 is 0. The zero-order valence-electron chi connectivity index (χ0n) is 8.47. The average Bonchev–Trinajstić information content (AvgIpc) is 2.15. The number of hydrogen-bond acceptors (Lipinski definition) is 4. The number of anilines is 1. The number of carbonyl (C=O) groups is 2. The third kappa shape index (κ3) is 3.08. The van der Waals surface area contributed by atoms with Crippen molar-refractivity contribution in [3.8, 4) is 0 Å². The van der Waals surface area contributed by atoms with Gasteiger partial charge in [0.05, 0.1) is 5.56 Å². The van der Waals surface area contributed by atoms with Crippen LogP contribution in [0.4, 0.5) is 5.69 Å². The van der Waals surface area contributed by atoms with Crippen molar-refractivity contribution < 1.29 is 24.7 Å². The molecule has 0 fully saturated rings. The predicted molar refractivity (Wildman–Crippen MR) is 57.5 cm³/mol. The molecule has 6 nitrogen and oxygen atoms in total. The van der Waals surface area contributed by atoms with Crippen LogP contribution in [0.25, 0.3) is 0 Å². The van der Waals surface area contributed by atoms with Gasteiger partial charge in [-0.3, -0.25) is 4.79 Å². The molecule has 1 aromatic rings. The van der Waals surface area contributed by atoms with Gasteiger partial charge < -0.3 is 20.5 Å². The molecule has 0 radical (unpaired) electrons. The summed E-state index contributed by atoms with van der Waals surface area (Å²) in [6, 6.07) is 3.65. The predicted octanol–water partition coefficient (Wildman–Crippen LogP) is -0.977. The Morgan fingerprint density at radius 3 is 2.31 bits per heavy atom. The standard InChI is InChI=1S/C9H10BNO5/c1-5(12)11-8-3-6(9(13)14)2-7(4-8)10(15)16/h2-4,15-16H,1H3,(H,11,12)(H,13,14). The van der Waals surface area contributed by atoms with E-state index < -0.39 is 13.1 Å². The molecule has 16 heavy (non-hydrogen) atoms.